The summed E-state index contributed by atoms with van der Waals surface area (Å²) in [5.74, 6) is -6.23. The Hall–Kier alpha value is -2.64. The molecule has 2 aliphatic rings. The summed E-state index contributed by atoms with van der Waals surface area (Å²) in [5, 5.41) is 0. The van der Waals surface area contributed by atoms with E-state index in [2.05, 4.69) is 18.9 Å². The number of ether oxygens (including phenoxy) is 4. The van der Waals surface area contributed by atoms with E-state index in [-0.39, 0.29) is 0 Å². The summed E-state index contributed by atoms with van der Waals surface area (Å²) in [6, 6.07) is 0. The van der Waals surface area contributed by atoms with Gasteiger partial charge in [0.05, 0.1) is 0 Å². The Morgan fingerprint density at radius 3 is 1.56 bits per heavy atom. The molecule has 2 aliphatic heterocycles. The lowest BCUT2D eigenvalue weighted by Gasteiger charge is -2.28. The van der Waals surface area contributed by atoms with Crippen LogP contribution in [0.1, 0.15) is 0 Å². The standard InChI is InChI=1S/C10H6O8/c11-6-1-2-7(12)16-10(5-15-6)17-8(13)3-4-9(14)18-10/h1-4H,5H2/b2-1+. The molecule has 8 heteroatoms. The van der Waals surface area contributed by atoms with E-state index in [0.717, 1.165) is 24.3 Å². The van der Waals surface area contributed by atoms with Gasteiger partial charge in [0.15, 0.2) is 0 Å². The van der Waals surface area contributed by atoms with E-state index >= 15 is 0 Å². The van der Waals surface area contributed by atoms with Gasteiger partial charge < -0.3 is 18.9 Å². The average molecular weight is 254 g/mol. The Kier molecular flexibility index (Phi) is 2.84. The molecular formula is C10H6O8. The highest BCUT2D eigenvalue weighted by atomic mass is 16.9. The normalized spacial score (nSPS) is 24.0. The molecule has 0 unspecified atom stereocenters. The largest absolute Gasteiger partial charge is 0.460 e. The van der Waals surface area contributed by atoms with Crippen molar-refractivity contribution in [2.45, 2.75) is 5.97 Å². The number of rotatable bonds is 0. The van der Waals surface area contributed by atoms with Gasteiger partial charge in [-0.1, -0.05) is 0 Å². The highest BCUT2D eigenvalue weighted by Gasteiger charge is 2.46. The van der Waals surface area contributed by atoms with Crippen molar-refractivity contribution in [1.29, 1.82) is 0 Å². The fraction of sp³-hybridized carbons (Fsp3) is 0.200. The van der Waals surface area contributed by atoms with Gasteiger partial charge in [-0.05, 0) is 0 Å². The van der Waals surface area contributed by atoms with Gasteiger partial charge in [-0.2, -0.15) is 0 Å². The summed E-state index contributed by atoms with van der Waals surface area (Å²) >= 11 is 0. The van der Waals surface area contributed by atoms with Crippen LogP contribution in [0.25, 0.3) is 0 Å². The van der Waals surface area contributed by atoms with Crippen molar-refractivity contribution in [3.63, 3.8) is 0 Å². The second-order valence-electron chi connectivity index (χ2n) is 3.22. The van der Waals surface area contributed by atoms with E-state index in [0.29, 0.717) is 0 Å². The molecule has 0 saturated carbocycles. The molecule has 0 fully saturated rings. The predicted molar refractivity (Wildman–Crippen MR) is 50.2 cm³/mol. The van der Waals surface area contributed by atoms with Gasteiger partial charge in [0.2, 0.25) is 6.61 Å². The smallest absolute Gasteiger partial charge is 0.450 e. The first-order valence-electron chi connectivity index (χ1n) is 4.71. The van der Waals surface area contributed by atoms with Gasteiger partial charge in [0, 0.05) is 24.3 Å². The van der Waals surface area contributed by atoms with Crippen LogP contribution in [0.4, 0.5) is 0 Å². The molecule has 18 heavy (non-hydrogen) atoms. The van der Waals surface area contributed by atoms with Gasteiger partial charge >= 0.3 is 29.9 Å². The van der Waals surface area contributed by atoms with Crippen molar-refractivity contribution in [3.05, 3.63) is 24.3 Å². The molecule has 0 aliphatic carbocycles. The van der Waals surface area contributed by atoms with Gasteiger partial charge in [-0.15, -0.1) is 0 Å². The molecule has 8 nitrogen and oxygen atoms in total. The van der Waals surface area contributed by atoms with E-state index in [1.54, 1.807) is 0 Å². The summed E-state index contributed by atoms with van der Waals surface area (Å²) in [5.41, 5.74) is 0. The SMILES string of the molecule is O=C1C=CC(=O)OC2(COC(=O)/C=C/C(=O)O2)O1. The van der Waals surface area contributed by atoms with Gasteiger partial charge in [0.25, 0.3) is 0 Å². The van der Waals surface area contributed by atoms with Crippen LogP contribution in [-0.2, 0) is 38.1 Å². The minimum Gasteiger partial charge on any atom is -0.450 e. The predicted octanol–water partition coefficient (Wildman–Crippen LogP) is -1.05. The topological polar surface area (TPSA) is 105 Å². The molecule has 0 bridgehead atoms. The Morgan fingerprint density at radius 2 is 1.11 bits per heavy atom. The van der Waals surface area contributed by atoms with Crippen LogP contribution in [-0.4, -0.2) is 36.5 Å². The number of esters is 4. The molecule has 0 N–H and O–H groups in total. The van der Waals surface area contributed by atoms with E-state index in [1.165, 1.54) is 0 Å². The summed E-state index contributed by atoms with van der Waals surface area (Å²) in [7, 11) is 0. The van der Waals surface area contributed by atoms with Crippen LogP contribution in [0.3, 0.4) is 0 Å². The van der Waals surface area contributed by atoms with E-state index < -0.39 is 36.5 Å². The first kappa shape index (κ1) is 11.8. The van der Waals surface area contributed by atoms with Crippen LogP contribution < -0.4 is 0 Å². The van der Waals surface area contributed by atoms with Crippen LogP contribution in [0, 0.1) is 0 Å². The summed E-state index contributed by atoms with van der Waals surface area (Å²) in [6.07, 6.45) is 3.17. The minimum atomic E-state index is -2.39. The molecule has 0 amide bonds. The molecular weight excluding hydrogens is 248 g/mol. The van der Waals surface area contributed by atoms with Crippen molar-refractivity contribution >= 4 is 23.9 Å². The van der Waals surface area contributed by atoms with Crippen molar-refractivity contribution in [3.8, 4) is 0 Å². The Morgan fingerprint density at radius 1 is 0.722 bits per heavy atom. The van der Waals surface area contributed by atoms with Crippen LogP contribution in [0.5, 0.6) is 0 Å². The zero-order valence-corrected chi connectivity index (χ0v) is 8.78. The second kappa shape index (κ2) is 4.32. The molecule has 2 heterocycles. The maximum absolute atomic E-state index is 11.3. The fourth-order valence-corrected chi connectivity index (χ4v) is 1.19. The number of hydrogen-bond donors (Lipinski definition) is 0. The fourth-order valence-electron chi connectivity index (χ4n) is 1.19. The van der Waals surface area contributed by atoms with Crippen LogP contribution >= 0.6 is 0 Å². The zero-order valence-electron chi connectivity index (χ0n) is 8.78. The minimum absolute atomic E-state index is 0.749. The first-order valence-corrected chi connectivity index (χ1v) is 4.71. The van der Waals surface area contributed by atoms with Gasteiger partial charge in [-0.3, -0.25) is 0 Å². The van der Waals surface area contributed by atoms with Crippen LogP contribution in [0.2, 0.25) is 0 Å². The molecule has 2 rings (SSSR count). The summed E-state index contributed by atoms with van der Waals surface area (Å²) < 4.78 is 18.5. The Labute approximate surface area is 99.7 Å². The third-order valence-electron chi connectivity index (χ3n) is 1.87. The van der Waals surface area contributed by atoms with E-state index in [1.807, 2.05) is 0 Å². The summed E-state index contributed by atoms with van der Waals surface area (Å²) in [4.78, 5) is 44.7. The molecule has 1 spiro atoms. The maximum atomic E-state index is 11.3. The average Bonchev–Trinajstić information content (AvgIpc) is 2.43. The molecule has 0 aromatic rings. The summed E-state index contributed by atoms with van der Waals surface area (Å²) in [6.45, 7) is -0.749. The Bertz CT molecular complexity index is 466. The monoisotopic (exact) mass is 254 g/mol. The molecule has 0 radical (unpaired) electrons. The lowest BCUT2D eigenvalue weighted by Crippen LogP contribution is -2.47. The zero-order chi connectivity index (χ0) is 13.2. The number of carbonyl (C=O) groups is 4. The highest BCUT2D eigenvalue weighted by molar-refractivity contribution is 5.95. The molecule has 0 saturated heterocycles. The quantitative estimate of drug-likeness (QED) is 0.504. The highest BCUT2D eigenvalue weighted by Crippen LogP contribution is 2.21. The third-order valence-corrected chi connectivity index (χ3v) is 1.87. The molecule has 0 aromatic heterocycles. The van der Waals surface area contributed by atoms with Crippen molar-refractivity contribution in [2.75, 3.05) is 6.61 Å². The lowest BCUT2D eigenvalue weighted by atomic mass is 10.4. The molecule has 94 valence electrons. The van der Waals surface area contributed by atoms with Gasteiger partial charge in [0.1, 0.15) is 0 Å². The lowest BCUT2D eigenvalue weighted by molar-refractivity contribution is -0.336. The van der Waals surface area contributed by atoms with E-state index in [9.17, 15) is 19.2 Å². The first-order chi connectivity index (χ1) is 8.49. The third kappa shape index (κ3) is 2.54. The molecule has 0 aromatic carbocycles. The number of hydrogen-bond acceptors (Lipinski definition) is 8. The van der Waals surface area contributed by atoms with Crippen molar-refractivity contribution < 1.29 is 38.1 Å². The van der Waals surface area contributed by atoms with Crippen LogP contribution in [0.15, 0.2) is 24.3 Å². The Balaban J connectivity index is 2.30. The maximum Gasteiger partial charge on any atom is 0.460 e. The van der Waals surface area contributed by atoms with Crippen molar-refractivity contribution in [2.24, 2.45) is 0 Å². The van der Waals surface area contributed by atoms with Crippen molar-refractivity contribution in [1.82, 2.24) is 0 Å². The van der Waals surface area contributed by atoms with E-state index in [4.69, 9.17) is 0 Å². The van der Waals surface area contributed by atoms with Gasteiger partial charge in [-0.25, -0.2) is 19.2 Å². The second-order valence-corrected chi connectivity index (χ2v) is 3.22. The molecule has 0 atom stereocenters. The number of carbonyl (C=O) groups excluding carboxylic acids is 4. The number of cyclic esters (lactones) is 1.